The van der Waals surface area contributed by atoms with Crippen molar-refractivity contribution in [3.63, 3.8) is 0 Å². The Morgan fingerprint density at radius 1 is 1.39 bits per heavy atom. The highest BCUT2D eigenvalue weighted by Crippen LogP contribution is 2.22. The number of nitrogens with zero attached hydrogens (tertiary/aromatic N) is 1. The molecular weight excluding hydrogens is 288 g/mol. The molecule has 0 saturated heterocycles. The van der Waals surface area contributed by atoms with Gasteiger partial charge in [0.2, 0.25) is 0 Å². The Hall–Kier alpha value is -0.380. The van der Waals surface area contributed by atoms with Gasteiger partial charge in [-0.15, -0.1) is 0 Å². The lowest BCUT2D eigenvalue weighted by molar-refractivity contribution is 0.231. The van der Waals surface area contributed by atoms with Crippen molar-refractivity contribution in [2.45, 2.75) is 44.7 Å². The number of hydrogen-bond donors (Lipinski definition) is 1. The van der Waals surface area contributed by atoms with Gasteiger partial charge in [-0.2, -0.15) is 0 Å². The fourth-order valence-corrected chi connectivity index (χ4v) is 3.30. The normalized spacial score (nSPS) is 23.8. The van der Waals surface area contributed by atoms with Crippen LogP contribution in [-0.4, -0.2) is 30.6 Å². The largest absolute Gasteiger partial charge is 0.326 e. The maximum Gasteiger partial charge on any atom is 0.0244 e. The summed E-state index contributed by atoms with van der Waals surface area (Å²) in [7, 11) is 2.21. The summed E-state index contributed by atoms with van der Waals surface area (Å²) in [6, 6.07) is 7.48. The molecule has 0 amide bonds. The highest BCUT2D eigenvalue weighted by atomic mass is 79.9. The number of hydrogen-bond acceptors (Lipinski definition) is 2. The summed E-state index contributed by atoms with van der Waals surface area (Å²) < 4.78 is 1.17. The summed E-state index contributed by atoms with van der Waals surface area (Å²) in [6.07, 6.45) is 4.83. The number of benzene rings is 1. The van der Waals surface area contributed by atoms with Gasteiger partial charge < -0.3 is 10.6 Å². The van der Waals surface area contributed by atoms with Crippen molar-refractivity contribution < 1.29 is 0 Å². The van der Waals surface area contributed by atoms with Crippen LogP contribution in [0.15, 0.2) is 22.7 Å². The Bertz CT molecular complexity index is 405. The summed E-state index contributed by atoms with van der Waals surface area (Å²) >= 11 is 3.55. The summed E-state index contributed by atoms with van der Waals surface area (Å²) in [4.78, 5) is 2.44. The van der Waals surface area contributed by atoms with Crippen molar-refractivity contribution in [2.24, 2.45) is 5.73 Å². The molecule has 0 bridgehead atoms. The molecule has 0 aromatic heterocycles. The first-order chi connectivity index (χ1) is 8.58. The van der Waals surface area contributed by atoms with E-state index in [1.807, 2.05) is 0 Å². The molecule has 1 aliphatic carbocycles. The molecule has 2 N–H and O–H groups in total. The second kappa shape index (κ2) is 6.18. The smallest absolute Gasteiger partial charge is 0.0244 e. The summed E-state index contributed by atoms with van der Waals surface area (Å²) in [5, 5.41) is 0. The standard InChI is InChI=1S/C15H23BrN2/c1-11-6-7-13(16)10-12(11)8-9-18(2)15-5-3-4-14(15)17/h6-7,10,14-15H,3-5,8-9,17H2,1-2H3. The monoisotopic (exact) mass is 310 g/mol. The second-order valence-corrected chi connectivity index (χ2v) is 6.38. The van der Waals surface area contributed by atoms with Gasteiger partial charge in [0.05, 0.1) is 0 Å². The van der Waals surface area contributed by atoms with E-state index in [9.17, 15) is 0 Å². The van der Waals surface area contributed by atoms with Crippen LogP contribution in [0.25, 0.3) is 0 Å². The van der Waals surface area contributed by atoms with Gasteiger partial charge in [-0.1, -0.05) is 28.4 Å². The van der Waals surface area contributed by atoms with Gasteiger partial charge in [0, 0.05) is 23.1 Å². The number of nitrogens with two attached hydrogens (primary N) is 1. The number of rotatable bonds is 4. The van der Waals surface area contributed by atoms with E-state index in [-0.39, 0.29) is 0 Å². The lowest BCUT2D eigenvalue weighted by Gasteiger charge is -2.27. The Balaban J connectivity index is 1.92. The molecule has 1 aromatic rings. The Labute approximate surface area is 119 Å². The summed E-state index contributed by atoms with van der Waals surface area (Å²) in [5.74, 6) is 0. The minimum absolute atomic E-state index is 0.374. The predicted molar refractivity (Wildman–Crippen MR) is 80.8 cm³/mol. The van der Waals surface area contributed by atoms with Gasteiger partial charge in [-0.25, -0.2) is 0 Å². The molecule has 100 valence electrons. The van der Waals surface area contributed by atoms with E-state index in [1.165, 1.54) is 34.9 Å². The number of likely N-dealkylation sites (N-methyl/N-ethyl adjacent to an activating group) is 1. The molecule has 0 aliphatic heterocycles. The molecule has 1 aliphatic rings. The first kappa shape index (κ1) is 14.0. The fraction of sp³-hybridized carbons (Fsp3) is 0.600. The zero-order valence-corrected chi connectivity index (χ0v) is 12.9. The van der Waals surface area contributed by atoms with Crippen LogP contribution in [0.5, 0.6) is 0 Å². The summed E-state index contributed by atoms with van der Waals surface area (Å²) in [5.41, 5.74) is 8.96. The topological polar surface area (TPSA) is 29.3 Å². The molecule has 1 saturated carbocycles. The van der Waals surface area contributed by atoms with Crippen molar-refractivity contribution in [1.29, 1.82) is 0 Å². The molecule has 2 unspecified atom stereocenters. The van der Waals surface area contributed by atoms with Crippen LogP contribution in [0.3, 0.4) is 0 Å². The van der Waals surface area contributed by atoms with E-state index in [4.69, 9.17) is 5.73 Å². The average Bonchev–Trinajstić information content (AvgIpc) is 2.76. The maximum absolute atomic E-state index is 6.15. The van der Waals surface area contributed by atoms with Crippen LogP contribution in [0, 0.1) is 6.92 Å². The van der Waals surface area contributed by atoms with Gasteiger partial charge in [-0.05, 0) is 56.5 Å². The Morgan fingerprint density at radius 3 is 2.83 bits per heavy atom. The van der Waals surface area contributed by atoms with Gasteiger partial charge in [0.25, 0.3) is 0 Å². The van der Waals surface area contributed by atoms with E-state index < -0.39 is 0 Å². The van der Waals surface area contributed by atoms with Crippen molar-refractivity contribution in [2.75, 3.05) is 13.6 Å². The van der Waals surface area contributed by atoms with E-state index in [0.29, 0.717) is 12.1 Å². The SMILES string of the molecule is Cc1ccc(Br)cc1CCN(C)C1CCCC1N. The van der Waals surface area contributed by atoms with E-state index in [0.717, 1.165) is 13.0 Å². The third kappa shape index (κ3) is 3.34. The highest BCUT2D eigenvalue weighted by Gasteiger charge is 2.26. The van der Waals surface area contributed by atoms with Crippen LogP contribution >= 0.6 is 15.9 Å². The third-order valence-electron chi connectivity index (χ3n) is 4.14. The molecule has 2 nitrogen and oxygen atoms in total. The van der Waals surface area contributed by atoms with Gasteiger partial charge in [-0.3, -0.25) is 0 Å². The first-order valence-corrected chi connectivity index (χ1v) is 7.58. The van der Waals surface area contributed by atoms with Crippen LogP contribution in [-0.2, 0) is 6.42 Å². The van der Waals surface area contributed by atoms with Gasteiger partial charge in [0.1, 0.15) is 0 Å². The summed E-state index contributed by atoms with van der Waals surface area (Å²) in [6.45, 7) is 3.28. The molecule has 0 radical (unpaired) electrons. The fourth-order valence-electron chi connectivity index (χ4n) is 2.89. The van der Waals surface area contributed by atoms with E-state index in [1.54, 1.807) is 0 Å². The minimum Gasteiger partial charge on any atom is -0.326 e. The van der Waals surface area contributed by atoms with E-state index >= 15 is 0 Å². The Kier molecular flexibility index (Phi) is 4.82. The van der Waals surface area contributed by atoms with Crippen LogP contribution in [0.2, 0.25) is 0 Å². The molecule has 3 heteroatoms. The second-order valence-electron chi connectivity index (χ2n) is 5.46. The van der Waals surface area contributed by atoms with E-state index in [2.05, 4.69) is 53.0 Å². The lowest BCUT2D eigenvalue weighted by Crippen LogP contribution is -2.43. The van der Waals surface area contributed by atoms with Crippen molar-refractivity contribution in [3.8, 4) is 0 Å². The maximum atomic E-state index is 6.15. The van der Waals surface area contributed by atoms with Crippen LogP contribution in [0.4, 0.5) is 0 Å². The zero-order valence-electron chi connectivity index (χ0n) is 11.3. The zero-order chi connectivity index (χ0) is 13.1. The molecule has 1 fully saturated rings. The van der Waals surface area contributed by atoms with Crippen molar-refractivity contribution >= 4 is 15.9 Å². The predicted octanol–water partition coefficient (Wildman–Crippen LogP) is 3.11. The van der Waals surface area contributed by atoms with Crippen molar-refractivity contribution in [1.82, 2.24) is 4.90 Å². The van der Waals surface area contributed by atoms with Gasteiger partial charge >= 0.3 is 0 Å². The average molecular weight is 311 g/mol. The molecule has 2 atom stereocenters. The molecule has 0 heterocycles. The highest BCUT2D eigenvalue weighted by molar-refractivity contribution is 9.10. The minimum atomic E-state index is 0.374. The number of aryl methyl sites for hydroxylation is 1. The molecule has 1 aromatic carbocycles. The first-order valence-electron chi connectivity index (χ1n) is 6.79. The van der Waals surface area contributed by atoms with Crippen LogP contribution in [0.1, 0.15) is 30.4 Å². The third-order valence-corrected chi connectivity index (χ3v) is 4.64. The molecule has 2 rings (SSSR count). The quantitative estimate of drug-likeness (QED) is 0.926. The number of halogens is 1. The molecular formula is C15H23BrN2. The van der Waals surface area contributed by atoms with Crippen molar-refractivity contribution in [3.05, 3.63) is 33.8 Å². The molecule has 18 heavy (non-hydrogen) atoms. The Morgan fingerprint density at radius 2 is 2.17 bits per heavy atom. The van der Waals surface area contributed by atoms with Crippen LogP contribution < -0.4 is 5.73 Å². The van der Waals surface area contributed by atoms with Gasteiger partial charge in [0.15, 0.2) is 0 Å². The molecule has 0 spiro atoms. The lowest BCUT2D eigenvalue weighted by atomic mass is 10.0.